The molecular weight excluding hydrogens is 476 g/mol. The van der Waals surface area contributed by atoms with Gasteiger partial charge in [-0.25, -0.2) is 4.98 Å². The molecule has 0 bridgehead atoms. The lowest BCUT2D eigenvalue weighted by Crippen LogP contribution is -2.67. The summed E-state index contributed by atoms with van der Waals surface area (Å²) >= 11 is 2.95. The van der Waals surface area contributed by atoms with Gasteiger partial charge in [-0.15, -0.1) is 22.7 Å². The van der Waals surface area contributed by atoms with E-state index in [0.29, 0.717) is 24.6 Å². The Bertz CT molecular complexity index is 1390. The van der Waals surface area contributed by atoms with Gasteiger partial charge in [-0.05, 0) is 54.1 Å². The van der Waals surface area contributed by atoms with Gasteiger partial charge in [0.25, 0.3) is 5.91 Å². The average molecular weight is 503 g/mol. The molecule has 0 aliphatic carbocycles. The smallest absolute Gasteiger partial charge is 0.264 e. The number of hydrogen-bond acceptors (Lipinski definition) is 7. The van der Waals surface area contributed by atoms with Crippen LogP contribution >= 0.6 is 22.7 Å². The maximum Gasteiger partial charge on any atom is 0.264 e. The number of nitrogens with zero attached hydrogens (tertiary/aromatic N) is 2. The summed E-state index contributed by atoms with van der Waals surface area (Å²) in [4.78, 5) is 33.5. The number of benzene rings is 2. The van der Waals surface area contributed by atoms with Crippen LogP contribution in [0.5, 0.6) is 0 Å². The molecule has 2 aliphatic heterocycles. The quantitative estimate of drug-likeness (QED) is 0.383. The van der Waals surface area contributed by atoms with Gasteiger partial charge in [0.05, 0.1) is 10.4 Å². The van der Waals surface area contributed by atoms with E-state index < -0.39 is 5.54 Å². The number of thiazole rings is 1. The number of hydrogen-bond donors (Lipinski definition) is 2. The van der Waals surface area contributed by atoms with Crippen molar-refractivity contribution in [3.63, 3.8) is 0 Å². The number of carbonyl (C=O) groups excluding carboxylic acids is 2. The zero-order chi connectivity index (χ0) is 24.0. The number of likely N-dealkylation sites (tertiary alicyclic amines) is 1. The fourth-order valence-electron chi connectivity index (χ4n) is 5.12. The first-order chi connectivity index (χ1) is 17.0. The molecule has 4 aromatic rings. The molecule has 178 valence electrons. The zero-order valence-corrected chi connectivity index (χ0v) is 21.0. The summed E-state index contributed by atoms with van der Waals surface area (Å²) < 4.78 is 1.13. The highest BCUT2D eigenvalue weighted by atomic mass is 32.1. The van der Waals surface area contributed by atoms with Crippen molar-refractivity contribution in [2.45, 2.75) is 24.9 Å². The predicted molar refractivity (Wildman–Crippen MR) is 141 cm³/mol. The van der Waals surface area contributed by atoms with E-state index in [1.54, 1.807) is 17.5 Å². The fraction of sp³-hybridized carbons (Fsp3) is 0.296. The molecule has 2 N–H and O–H groups in total. The van der Waals surface area contributed by atoms with Gasteiger partial charge >= 0.3 is 0 Å². The third kappa shape index (κ3) is 4.00. The Morgan fingerprint density at radius 3 is 2.69 bits per heavy atom. The number of nitrogens with one attached hydrogen (secondary N) is 2. The molecular formula is C27H26N4O2S2. The van der Waals surface area contributed by atoms with Crippen molar-refractivity contribution in [3.05, 3.63) is 75.6 Å². The highest BCUT2D eigenvalue weighted by Gasteiger charge is 2.46. The molecule has 2 aromatic heterocycles. The monoisotopic (exact) mass is 502 g/mol. The lowest BCUT2D eigenvalue weighted by molar-refractivity contribution is 0.0510. The van der Waals surface area contributed by atoms with E-state index in [-0.39, 0.29) is 17.7 Å². The maximum absolute atomic E-state index is 13.4. The van der Waals surface area contributed by atoms with E-state index in [9.17, 15) is 9.59 Å². The standard InChI is InChI=1S/C27H26N4O2S2/c1-17-21-13-19(18-5-3-2-4-6-18)7-8-22(21)35-23(17)26(33)31-14-20(15-31)30-27(9-10-28-16-27)24(32)25-29-11-12-34-25/h2-8,11-13,20,28,30H,9-10,14-16H2,1H3/t27-/m0/s1. The highest BCUT2D eigenvalue weighted by molar-refractivity contribution is 7.21. The molecule has 0 radical (unpaired) electrons. The number of carbonyl (C=O) groups is 2. The van der Waals surface area contributed by atoms with Crippen LogP contribution in [0, 0.1) is 6.92 Å². The molecule has 2 fully saturated rings. The van der Waals surface area contributed by atoms with Gasteiger partial charge < -0.3 is 10.2 Å². The van der Waals surface area contributed by atoms with Crippen molar-refractivity contribution in [3.8, 4) is 11.1 Å². The largest absolute Gasteiger partial charge is 0.335 e. The number of Topliss-reactive ketones (excluding diaryl/α,β-unsaturated/α-hetero) is 1. The third-order valence-corrected chi connectivity index (χ3v) is 9.14. The molecule has 0 saturated carbocycles. The first kappa shape index (κ1) is 22.5. The van der Waals surface area contributed by atoms with Crippen molar-refractivity contribution >= 4 is 44.5 Å². The molecule has 35 heavy (non-hydrogen) atoms. The van der Waals surface area contributed by atoms with Gasteiger partial charge in [0.15, 0.2) is 5.01 Å². The van der Waals surface area contributed by atoms with E-state index in [0.717, 1.165) is 39.1 Å². The summed E-state index contributed by atoms with van der Waals surface area (Å²) in [6.07, 6.45) is 2.41. The van der Waals surface area contributed by atoms with Crippen molar-refractivity contribution in [1.29, 1.82) is 0 Å². The van der Waals surface area contributed by atoms with Crippen LogP contribution in [-0.4, -0.2) is 59.3 Å². The Hall–Kier alpha value is -2.91. The minimum atomic E-state index is -0.640. The van der Waals surface area contributed by atoms with Gasteiger partial charge in [-0.2, -0.15) is 0 Å². The van der Waals surface area contributed by atoms with Crippen LogP contribution in [0.1, 0.15) is 31.5 Å². The minimum Gasteiger partial charge on any atom is -0.335 e. The first-order valence-corrected chi connectivity index (χ1v) is 13.5. The first-order valence-electron chi connectivity index (χ1n) is 11.8. The second-order valence-electron chi connectivity index (χ2n) is 9.36. The second-order valence-corrected chi connectivity index (χ2v) is 11.3. The number of amides is 1. The summed E-state index contributed by atoms with van der Waals surface area (Å²) in [7, 11) is 0. The van der Waals surface area contributed by atoms with E-state index in [1.807, 2.05) is 35.4 Å². The molecule has 2 aliphatic rings. The maximum atomic E-state index is 13.4. The number of aryl methyl sites for hydroxylation is 1. The van der Waals surface area contributed by atoms with Crippen LogP contribution in [-0.2, 0) is 0 Å². The normalized spacial score (nSPS) is 20.3. The van der Waals surface area contributed by atoms with Crippen molar-refractivity contribution in [2.24, 2.45) is 0 Å². The average Bonchev–Trinajstić information content (AvgIpc) is 3.62. The Balaban J connectivity index is 1.17. The molecule has 4 heterocycles. The lowest BCUT2D eigenvalue weighted by atomic mass is 9.90. The van der Waals surface area contributed by atoms with Crippen molar-refractivity contribution in [2.75, 3.05) is 26.2 Å². The van der Waals surface area contributed by atoms with Crippen LogP contribution in [0.3, 0.4) is 0 Å². The fourth-order valence-corrected chi connectivity index (χ4v) is 6.95. The van der Waals surface area contributed by atoms with Crippen LogP contribution in [0.2, 0.25) is 0 Å². The van der Waals surface area contributed by atoms with E-state index in [1.165, 1.54) is 16.9 Å². The number of thiophene rings is 1. The summed E-state index contributed by atoms with van der Waals surface area (Å²) in [5, 5.41) is 10.4. The number of fused-ring (bicyclic) bond motifs is 1. The summed E-state index contributed by atoms with van der Waals surface area (Å²) in [6, 6.07) is 16.8. The van der Waals surface area contributed by atoms with Crippen LogP contribution in [0.25, 0.3) is 21.2 Å². The molecule has 8 heteroatoms. The van der Waals surface area contributed by atoms with Crippen LogP contribution < -0.4 is 10.6 Å². The van der Waals surface area contributed by atoms with Gasteiger partial charge in [-0.1, -0.05) is 36.4 Å². The third-order valence-electron chi connectivity index (χ3n) is 7.10. The van der Waals surface area contributed by atoms with E-state index >= 15 is 0 Å². The SMILES string of the molecule is Cc1c(C(=O)N2CC(N[C@@]3(C(=O)c4nccs4)CCNC3)C2)sc2ccc(-c3ccccc3)cc12. The van der Waals surface area contributed by atoms with Crippen molar-refractivity contribution < 1.29 is 9.59 Å². The minimum absolute atomic E-state index is 0.0526. The Labute approximate surface area is 212 Å². The molecule has 6 nitrogen and oxygen atoms in total. The van der Waals surface area contributed by atoms with Gasteiger partial charge in [0.2, 0.25) is 5.78 Å². The number of aromatic nitrogens is 1. The topological polar surface area (TPSA) is 74.3 Å². The van der Waals surface area contributed by atoms with Crippen LogP contribution in [0.15, 0.2) is 60.1 Å². The molecule has 6 rings (SSSR count). The zero-order valence-electron chi connectivity index (χ0n) is 19.4. The molecule has 0 unspecified atom stereocenters. The highest BCUT2D eigenvalue weighted by Crippen LogP contribution is 2.35. The summed E-state index contributed by atoms with van der Waals surface area (Å²) in [5.41, 5.74) is 2.73. The molecule has 1 amide bonds. The van der Waals surface area contributed by atoms with Gasteiger partial charge in [0.1, 0.15) is 0 Å². The van der Waals surface area contributed by atoms with Crippen molar-refractivity contribution in [1.82, 2.24) is 20.5 Å². The predicted octanol–water partition coefficient (Wildman–Crippen LogP) is 4.36. The Morgan fingerprint density at radius 1 is 1.14 bits per heavy atom. The lowest BCUT2D eigenvalue weighted by Gasteiger charge is -2.44. The number of ketones is 1. The summed E-state index contributed by atoms with van der Waals surface area (Å²) in [5.74, 6) is 0.129. The summed E-state index contributed by atoms with van der Waals surface area (Å²) in [6.45, 7) is 4.64. The molecule has 0 spiro atoms. The Morgan fingerprint density at radius 2 is 1.97 bits per heavy atom. The number of rotatable bonds is 6. The molecule has 2 aromatic carbocycles. The Kier molecular flexibility index (Phi) is 5.76. The van der Waals surface area contributed by atoms with Gasteiger partial charge in [0, 0.05) is 42.0 Å². The molecule has 1 atom stereocenters. The van der Waals surface area contributed by atoms with E-state index in [2.05, 4.69) is 45.9 Å². The van der Waals surface area contributed by atoms with Gasteiger partial charge in [-0.3, -0.25) is 14.9 Å². The second kappa shape index (κ2) is 8.95. The van der Waals surface area contributed by atoms with Crippen LogP contribution in [0.4, 0.5) is 0 Å². The van der Waals surface area contributed by atoms with E-state index in [4.69, 9.17) is 0 Å². The molecule has 2 saturated heterocycles.